The summed E-state index contributed by atoms with van der Waals surface area (Å²) in [5.74, 6) is -1.02. The SMILES string of the molecule is CC(C)[C@H](NC(=O)OC(C)(C)C)C(O)C(N)=O. The molecule has 0 saturated carbocycles. The Hall–Kier alpha value is -1.30. The number of nitrogens with one attached hydrogen (secondary N) is 1. The van der Waals surface area contributed by atoms with Crippen molar-refractivity contribution in [3.8, 4) is 0 Å². The number of carbonyl (C=O) groups excluding carboxylic acids is 2. The van der Waals surface area contributed by atoms with Gasteiger partial charge in [-0.2, -0.15) is 0 Å². The van der Waals surface area contributed by atoms with Gasteiger partial charge in [-0.3, -0.25) is 4.79 Å². The summed E-state index contributed by atoms with van der Waals surface area (Å²) in [4.78, 5) is 22.4. The van der Waals surface area contributed by atoms with Gasteiger partial charge in [0.1, 0.15) is 5.60 Å². The van der Waals surface area contributed by atoms with Crippen molar-refractivity contribution in [3.05, 3.63) is 0 Å². The predicted molar refractivity (Wildman–Crippen MR) is 63.2 cm³/mol. The van der Waals surface area contributed by atoms with Crippen LogP contribution in [0.3, 0.4) is 0 Å². The Morgan fingerprint density at radius 1 is 1.29 bits per heavy atom. The van der Waals surface area contributed by atoms with E-state index >= 15 is 0 Å². The Bertz CT molecular complexity index is 284. The maximum atomic E-state index is 11.5. The molecule has 0 heterocycles. The minimum absolute atomic E-state index is 0.148. The van der Waals surface area contributed by atoms with Gasteiger partial charge in [-0.05, 0) is 26.7 Å². The highest BCUT2D eigenvalue weighted by Gasteiger charge is 2.30. The van der Waals surface area contributed by atoms with Crippen LogP contribution in [-0.2, 0) is 9.53 Å². The van der Waals surface area contributed by atoms with E-state index in [9.17, 15) is 14.7 Å². The second-order valence-electron chi connectivity index (χ2n) is 5.26. The van der Waals surface area contributed by atoms with Crippen LogP contribution >= 0.6 is 0 Å². The lowest BCUT2D eigenvalue weighted by Crippen LogP contribution is -2.52. The molecule has 2 atom stereocenters. The number of carbonyl (C=O) groups is 2. The Morgan fingerprint density at radius 3 is 2.06 bits per heavy atom. The number of rotatable bonds is 4. The summed E-state index contributed by atoms with van der Waals surface area (Å²) >= 11 is 0. The van der Waals surface area contributed by atoms with Gasteiger partial charge >= 0.3 is 6.09 Å². The number of alkyl carbamates (subject to hydrolysis) is 1. The zero-order chi connectivity index (χ0) is 13.8. The number of nitrogens with two attached hydrogens (primary N) is 1. The molecule has 6 heteroatoms. The van der Waals surface area contributed by atoms with Crippen LogP contribution in [0.5, 0.6) is 0 Å². The van der Waals surface area contributed by atoms with Crippen LogP contribution < -0.4 is 11.1 Å². The minimum Gasteiger partial charge on any atom is -0.444 e. The molecule has 0 rings (SSSR count). The van der Waals surface area contributed by atoms with E-state index in [1.54, 1.807) is 34.6 Å². The van der Waals surface area contributed by atoms with Crippen LogP contribution in [0.25, 0.3) is 0 Å². The molecule has 2 amide bonds. The smallest absolute Gasteiger partial charge is 0.407 e. The fourth-order valence-corrected chi connectivity index (χ4v) is 1.23. The normalized spacial score (nSPS) is 15.2. The summed E-state index contributed by atoms with van der Waals surface area (Å²) in [7, 11) is 0. The lowest BCUT2D eigenvalue weighted by molar-refractivity contribution is -0.128. The molecule has 0 aromatic heterocycles. The Labute approximate surface area is 102 Å². The first-order valence-corrected chi connectivity index (χ1v) is 5.51. The highest BCUT2D eigenvalue weighted by Crippen LogP contribution is 2.10. The van der Waals surface area contributed by atoms with Gasteiger partial charge < -0.3 is 20.9 Å². The number of ether oxygens (including phenoxy) is 1. The lowest BCUT2D eigenvalue weighted by atomic mass is 9.98. The van der Waals surface area contributed by atoms with Crippen molar-refractivity contribution in [2.24, 2.45) is 11.7 Å². The first-order chi connectivity index (χ1) is 7.54. The first-order valence-electron chi connectivity index (χ1n) is 5.51. The number of hydrogen-bond donors (Lipinski definition) is 3. The van der Waals surface area contributed by atoms with Crippen LogP contribution in [0.15, 0.2) is 0 Å². The second-order valence-corrected chi connectivity index (χ2v) is 5.26. The lowest BCUT2D eigenvalue weighted by Gasteiger charge is -2.27. The molecule has 0 bridgehead atoms. The molecule has 0 fully saturated rings. The molecule has 0 spiro atoms. The summed E-state index contributed by atoms with van der Waals surface area (Å²) in [6, 6.07) is -0.762. The van der Waals surface area contributed by atoms with Crippen molar-refractivity contribution in [2.75, 3.05) is 0 Å². The quantitative estimate of drug-likeness (QED) is 0.667. The van der Waals surface area contributed by atoms with E-state index in [1.165, 1.54) is 0 Å². The molecule has 0 saturated heterocycles. The largest absolute Gasteiger partial charge is 0.444 e. The second kappa shape index (κ2) is 5.86. The molecule has 0 aromatic carbocycles. The molecule has 1 unspecified atom stereocenters. The third-order valence-corrected chi connectivity index (χ3v) is 2.03. The molecule has 0 aliphatic carbocycles. The van der Waals surface area contributed by atoms with Crippen LogP contribution in [0, 0.1) is 5.92 Å². The predicted octanol–water partition coefficient (Wildman–Crippen LogP) is 0.382. The van der Waals surface area contributed by atoms with Gasteiger partial charge in [-0.15, -0.1) is 0 Å². The van der Waals surface area contributed by atoms with Gasteiger partial charge in [0, 0.05) is 0 Å². The minimum atomic E-state index is -1.43. The van der Waals surface area contributed by atoms with Crippen molar-refractivity contribution in [3.63, 3.8) is 0 Å². The maximum Gasteiger partial charge on any atom is 0.407 e. The molecule has 0 aliphatic heterocycles. The molecule has 100 valence electrons. The average Bonchev–Trinajstić information content (AvgIpc) is 2.09. The summed E-state index contributed by atoms with van der Waals surface area (Å²) in [5, 5.41) is 12.0. The molecule has 0 radical (unpaired) electrons. The fraction of sp³-hybridized carbons (Fsp3) is 0.818. The molecule has 4 N–H and O–H groups in total. The molecule has 0 aliphatic rings. The first kappa shape index (κ1) is 15.7. The van der Waals surface area contributed by atoms with Crippen molar-refractivity contribution in [1.82, 2.24) is 5.32 Å². The zero-order valence-corrected chi connectivity index (χ0v) is 11.0. The van der Waals surface area contributed by atoms with Crippen LogP contribution in [0.4, 0.5) is 4.79 Å². The summed E-state index contributed by atoms with van der Waals surface area (Å²) in [6.07, 6.45) is -2.11. The van der Waals surface area contributed by atoms with Crippen molar-refractivity contribution >= 4 is 12.0 Å². The van der Waals surface area contributed by atoms with Gasteiger partial charge in [0.05, 0.1) is 6.04 Å². The van der Waals surface area contributed by atoms with Gasteiger partial charge in [0.25, 0.3) is 0 Å². The Balaban J connectivity index is 4.57. The molecular weight excluding hydrogens is 224 g/mol. The van der Waals surface area contributed by atoms with E-state index in [4.69, 9.17) is 10.5 Å². The van der Waals surface area contributed by atoms with E-state index in [0.29, 0.717) is 0 Å². The van der Waals surface area contributed by atoms with Crippen molar-refractivity contribution in [1.29, 1.82) is 0 Å². The highest BCUT2D eigenvalue weighted by molar-refractivity contribution is 5.80. The summed E-state index contributed by atoms with van der Waals surface area (Å²) < 4.78 is 5.03. The van der Waals surface area contributed by atoms with E-state index < -0.39 is 29.7 Å². The average molecular weight is 246 g/mol. The fourth-order valence-electron chi connectivity index (χ4n) is 1.23. The molecule has 0 aromatic rings. The van der Waals surface area contributed by atoms with Crippen LogP contribution in [0.1, 0.15) is 34.6 Å². The van der Waals surface area contributed by atoms with Crippen molar-refractivity contribution < 1.29 is 19.4 Å². The number of aliphatic hydroxyl groups excluding tert-OH is 1. The molecular formula is C11H22N2O4. The number of primary amides is 1. The number of hydrogen-bond acceptors (Lipinski definition) is 4. The van der Waals surface area contributed by atoms with Gasteiger partial charge in [-0.1, -0.05) is 13.8 Å². The monoisotopic (exact) mass is 246 g/mol. The molecule has 17 heavy (non-hydrogen) atoms. The van der Waals surface area contributed by atoms with E-state index in [0.717, 1.165) is 0 Å². The summed E-state index contributed by atoms with van der Waals surface area (Å²) in [5.41, 5.74) is 4.36. The standard InChI is InChI=1S/C11H22N2O4/c1-6(2)7(8(14)9(12)15)13-10(16)17-11(3,4)5/h6-8,14H,1-5H3,(H2,12,15)(H,13,16)/t7-,8?/m0/s1. The molecule has 6 nitrogen and oxygen atoms in total. The van der Waals surface area contributed by atoms with Gasteiger partial charge in [-0.25, -0.2) is 4.79 Å². The third-order valence-electron chi connectivity index (χ3n) is 2.03. The van der Waals surface area contributed by atoms with Crippen molar-refractivity contribution in [2.45, 2.75) is 52.4 Å². The maximum absolute atomic E-state index is 11.5. The Morgan fingerprint density at radius 2 is 1.76 bits per heavy atom. The van der Waals surface area contributed by atoms with Gasteiger partial charge in [0.15, 0.2) is 6.10 Å². The number of aliphatic hydroxyl groups is 1. The van der Waals surface area contributed by atoms with E-state index in [2.05, 4.69) is 5.32 Å². The Kier molecular flexibility index (Phi) is 5.41. The highest BCUT2D eigenvalue weighted by atomic mass is 16.6. The van der Waals surface area contributed by atoms with Crippen LogP contribution in [-0.4, -0.2) is 34.9 Å². The number of amides is 2. The van der Waals surface area contributed by atoms with E-state index in [1.807, 2.05) is 0 Å². The van der Waals surface area contributed by atoms with E-state index in [-0.39, 0.29) is 5.92 Å². The summed E-state index contributed by atoms with van der Waals surface area (Å²) in [6.45, 7) is 8.69. The van der Waals surface area contributed by atoms with Crippen LogP contribution in [0.2, 0.25) is 0 Å². The zero-order valence-electron chi connectivity index (χ0n) is 11.0. The van der Waals surface area contributed by atoms with Gasteiger partial charge in [0.2, 0.25) is 5.91 Å². The topological polar surface area (TPSA) is 102 Å². The third kappa shape index (κ3) is 6.11.